The standard InChI is InChI=1S/C27H40N6O3.C18H24N6.C9H18O4.CH4/c1-5-6-7-22-30-24-20-18-19(8-9-21(20)29-26(28)25(24)31-22)33-13-11-32(12-14-33)15-17-35-16-10-23(34)36-27(2,3)4;1-2-3-4-15-22-16-13-11-12(24-9-7-20-8-10-24)5-6-14(13)21-18(19)17(16)23-15;1-9(2,3)13-8(11)4-6-12-7-5-10;/h8-9,18H,5-7,10-17H2,1-4H3,(H2,28,29)(H,30,31);5-6,11,20H,2-4,7-10H2,1H3,(H2,19,21)(H,22,23);10H,4-7H2,1-3H3;1H4. The van der Waals surface area contributed by atoms with Crippen LogP contribution >= 0.6 is 0 Å². The summed E-state index contributed by atoms with van der Waals surface area (Å²) in [4.78, 5) is 55.7. The summed E-state index contributed by atoms with van der Waals surface area (Å²) in [6, 6.07) is 12.8. The first kappa shape index (κ1) is 59.0. The van der Waals surface area contributed by atoms with E-state index < -0.39 is 11.2 Å². The number of carbonyl (C=O) groups is 2. The highest BCUT2D eigenvalue weighted by atomic mass is 16.6. The van der Waals surface area contributed by atoms with E-state index in [-0.39, 0.29) is 45.4 Å². The molecule has 6 aromatic rings. The number of hydrogen-bond donors (Lipinski definition) is 6. The van der Waals surface area contributed by atoms with E-state index in [9.17, 15) is 9.59 Å². The number of H-pyrrole nitrogens is 2. The van der Waals surface area contributed by atoms with E-state index in [2.05, 4.69) is 84.1 Å². The van der Waals surface area contributed by atoms with Crippen LogP contribution in [0.3, 0.4) is 0 Å². The molecule has 8 N–H and O–H groups in total. The maximum atomic E-state index is 11.8. The third-order valence-corrected chi connectivity index (χ3v) is 12.3. The van der Waals surface area contributed by atoms with Crippen LogP contribution in [0.25, 0.3) is 43.9 Å². The van der Waals surface area contributed by atoms with Crippen molar-refractivity contribution in [3.05, 3.63) is 48.0 Å². The molecule has 0 radical (unpaired) electrons. The summed E-state index contributed by atoms with van der Waals surface area (Å²) in [5.74, 6) is 2.52. The van der Waals surface area contributed by atoms with Crippen LogP contribution in [0, 0.1) is 0 Å². The van der Waals surface area contributed by atoms with Gasteiger partial charge in [0.15, 0.2) is 0 Å². The van der Waals surface area contributed by atoms with Crippen molar-refractivity contribution < 1.29 is 33.6 Å². The molecule has 0 spiro atoms. The first-order chi connectivity index (χ1) is 34.9. The van der Waals surface area contributed by atoms with E-state index in [0.717, 1.165) is 153 Å². The van der Waals surface area contributed by atoms with Crippen molar-refractivity contribution in [1.29, 1.82) is 0 Å². The second-order valence-electron chi connectivity index (χ2n) is 20.6. The molecular formula is C55H86N12O7. The van der Waals surface area contributed by atoms with E-state index >= 15 is 0 Å². The zero-order valence-corrected chi connectivity index (χ0v) is 44.7. The number of hydrogen-bond acceptors (Lipinski definition) is 17. The molecule has 2 fully saturated rings. The van der Waals surface area contributed by atoms with E-state index in [4.69, 9.17) is 45.5 Å². The van der Waals surface area contributed by atoms with Gasteiger partial charge >= 0.3 is 11.9 Å². The molecule has 19 nitrogen and oxygen atoms in total. The van der Waals surface area contributed by atoms with Crippen LogP contribution in [0.1, 0.15) is 113 Å². The fraction of sp³-hybridized carbons (Fsp3) is 0.600. The smallest absolute Gasteiger partial charge is 0.308 e. The SMILES string of the molecule is C.CC(C)(C)OC(=O)CCOCCO.CCCCc1nc2c([nH]1)c(N)nc1ccc(N3CCN(CCOCCC(=O)OC(C)(C)C)CC3)cc12.CCCCc1nc2c([nH]1)c(N)nc1ccc(N3CCNCC3)cc12. The molecule has 0 unspecified atom stereocenters. The Kier molecular flexibility index (Phi) is 22.5. The summed E-state index contributed by atoms with van der Waals surface area (Å²) >= 11 is 0. The minimum Gasteiger partial charge on any atom is -0.460 e. The molecule has 2 saturated heterocycles. The Balaban J connectivity index is 0.000000229. The van der Waals surface area contributed by atoms with Crippen LogP contribution in [0.2, 0.25) is 0 Å². The average Bonchev–Trinajstić information content (AvgIpc) is 4.00. The number of aryl methyl sites for hydroxylation is 2. The number of esters is 2. The van der Waals surface area contributed by atoms with Gasteiger partial charge in [0.25, 0.3) is 0 Å². The Bertz CT molecular complexity index is 2700. The molecule has 8 rings (SSSR count). The van der Waals surface area contributed by atoms with Crippen molar-refractivity contribution in [2.75, 3.05) is 113 Å². The number of carbonyl (C=O) groups excluding carboxylic acids is 2. The quantitative estimate of drug-likeness (QED) is 0.0336. The lowest BCUT2D eigenvalue weighted by molar-refractivity contribution is -0.157. The Hall–Kier alpha value is -5.86. The molecular weight excluding hydrogens is 941 g/mol. The Morgan fingerprint density at radius 3 is 1.51 bits per heavy atom. The van der Waals surface area contributed by atoms with Gasteiger partial charge in [-0.25, -0.2) is 19.9 Å². The van der Waals surface area contributed by atoms with Crippen molar-refractivity contribution in [2.24, 2.45) is 0 Å². The van der Waals surface area contributed by atoms with Gasteiger partial charge in [0.05, 0.1) is 56.9 Å². The third kappa shape index (κ3) is 17.6. The number of rotatable bonds is 19. The summed E-state index contributed by atoms with van der Waals surface area (Å²) in [6.07, 6.45) is 6.88. The van der Waals surface area contributed by atoms with Crippen molar-refractivity contribution in [3.63, 3.8) is 0 Å². The first-order valence-corrected chi connectivity index (χ1v) is 26.2. The highest BCUT2D eigenvalue weighted by Crippen LogP contribution is 2.32. The highest BCUT2D eigenvalue weighted by molar-refractivity contribution is 6.08. The second kappa shape index (κ2) is 28.2. The van der Waals surface area contributed by atoms with E-state index in [1.54, 1.807) is 0 Å². The lowest BCUT2D eigenvalue weighted by atomic mass is 10.1. The Morgan fingerprint density at radius 1 is 0.635 bits per heavy atom. The number of fused-ring (bicyclic) bond motifs is 6. The van der Waals surface area contributed by atoms with Gasteiger partial charge in [-0.15, -0.1) is 0 Å². The molecule has 0 saturated carbocycles. The summed E-state index contributed by atoms with van der Waals surface area (Å²) < 4.78 is 20.9. The van der Waals surface area contributed by atoms with Gasteiger partial charge in [0.2, 0.25) is 0 Å². The van der Waals surface area contributed by atoms with Crippen molar-refractivity contribution in [2.45, 2.75) is 125 Å². The summed E-state index contributed by atoms with van der Waals surface area (Å²) in [6.45, 7) is 25.8. The molecule has 408 valence electrons. The number of anilines is 4. The minimum atomic E-state index is -0.451. The molecule has 0 amide bonds. The molecule has 2 aliphatic rings. The van der Waals surface area contributed by atoms with E-state index in [1.165, 1.54) is 11.4 Å². The maximum absolute atomic E-state index is 11.8. The molecule has 0 bridgehead atoms. The molecule has 2 aliphatic heterocycles. The Labute approximate surface area is 437 Å². The number of benzene rings is 2. The average molecular weight is 1030 g/mol. The third-order valence-electron chi connectivity index (χ3n) is 12.3. The number of aliphatic hydroxyl groups is 1. The van der Waals surface area contributed by atoms with Crippen LogP contribution in [0.5, 0.6) is 0 Å². The normalized spacial score (nSPS) is 14.4. The monoisotopic (exact) mass is 1030 g/mol. The minimum absolute atomic E-state index is 0. The van der Waals surface area contributed by atoms with Gasteiger partial charge in [-0.1, -0.05) is 34.1 Å². The number of nitrogens with one attached hydrogen (secondary N) is 3. The molecule has 6 heterocycles. The number of aliphatic hydroxyl groups excluding tert-OH is 1. The molecule has 2 aromatic carbocycles. The number of pyridine rings is 2. The van der Waals surface area contributed by atoms with Gasteiger partial charge in [-0.05, 0) is 90.8 Å². The number of aromatic amines is 2. The lowest BCUT2D eigenvalue weighted by Gasteiger charge is -2.36. The zero-order chi connectivity index (χ0) is 52.5. The highest BCUT2D eigenvalue weighted by Gasteiger charge is 2.21. The van der Waals surface area contributed by atoms with E-state index in [1.807, 2.05) is 47.6 Å². The molecule has 74 heavy (non-hydrogen) atoms. The van der Waals surface area contributed by atoms with Gasteiger partial charge in [0.1, 0.15) is 56.6 Å². The predicted molar refractivity (Wildman–Crippen MR) is 299 cm³/mol. The predicted octanol–water partition coefficient (Wildman–Crippen LogP) is 7.72. The number of nitrogen functional groups attached to an aromatic ring is 2. The van der Waals surface area contributed by atoms with Crippen LogP contribution < -0.4 is 26.6 Å². The van der Waals surface area contributed by atoms with Crippen LogP contribution in [0.15, 0.2) is 36.4 Å². The van der Waals surface area contributed by atoms with Crippen LogP contribution in [-0.4, -0.2) is 155 Å². The fourth-order valence-electron chi connectivity index (χ4n) is 8.63. The summed E-state index contributed by atoms with van der Waals surface area (Å²) in [5, 5.41) is 13.9. The number of nitrogens with two attached hydrogens (primary N) is 2. The Morgan fingerprint density at radius 2 is 1.08 bits per heavy atom. The van der Waals surface area contributed by atoms with Gasteiger partial charge < -0.3 is 60.6 Å². The number of ether oxygens (including phenoxy) is 4. The topological polar surface area (TPSA) is 248 Å². The van der Waals surface area contributed by atoms with Gasteiger partial charge in [-0.2, -0.15) is 0 Å². The number of aromatic nitrogens is 6. The van der Waals surface area contributed by atoms with Gasteiger partial charge in [-0.3, -0.25) is 14.5 Å². The number of unbranched alkanes of at least 4 members (excludes halogenated alkanes) is 2. The summed E-state index contributed by atoms with van der Waals surface area (Å²) in [7, 11) is 0. The number of piperazine rings is 2. The summed E-state index contributed by atoms with van der Waals surface area (Å²) in [5.41, 5.74) is 19.2. The maximum Gasteiger partial charge on any atom is 0.308 e. The zero-order valence-electron chi connectivity index (χ0n) is 44.7. The largest absolute Gasteiger partial charge is 0.460 e. The molecule has 19 heteroatoms. The van der Waals surface area contributed by atoms with Crippen molar-refractivity contribution in [3.8, 4) is 0 Å². The second-order valence-corrected chi connectivity index (χ2v) is 20.6. The first-order valence-electron chi connectivity index (χ1n) is 26.2. The van der Waals surface area contributed by atoms with Crippen LogP contribution in [0.4, 0.5) is 23.0 Å². The number of imidazole rings is 2. The molecule has 0 atom stereocenters. The lowest BCUT2D eigenvalue weighted by Crippen LogP contribution is -2.47. The van der Waals surface area contributed by atoms with Crippen molar-refractivity contribution in [1.82, 2.24) is 40.1 Å². The number of nitrogens with zero attached hydrogens (tertiary/aromatic N) is 7. The van der Waals surface area contributed by atoms with Gasteiger partial charge in [0, 0.05) is 93.9 Å². The molecule has 4 aromatic heterocycles. The van der Waals surface area contributed by atoms with Crippen molar-refractivity contribution >= 4 is 78.8 Å². The fourth-order valence-corrected chi connectivity index (χ4v) is 8.63. The molecule has 0 aliphatic carbocycles. The van der Waals surface area contributed by atoms with Crippen LogP contribution in [-0.2, 0) is 41.4 Å². The van der Waals surface area contributed by atoms with E-state index in [0.29, 0.717) is 31.5 Å².